The zero-order chi connectivity index (χ0) is 22.6. The summed E-state index contributed by atoms with van der Waals surface area (Å²) in [6, 6.07) is 14.3. The van der Waals surface area contributed by atoms with Crippen molar-refractivity contribution in [1.82, 2.24) is 14.5 Å². The van der Waals surface area contributed by atoms with Gasteiger partial charge in [0.1, 0.15) is 5.75 Å². The lowest BCUT2D eigenvalue weighted by Gasteiger charge is -2.17. The van der Waals surface area contributed by atoms with E-state index in [0.717, 1.165) is 11.8 Å². The van der Waals surface area contributed by atoms with Crippen LogP contribution >= 0.6 is 0 Å². The second-order valence-corrected chi connectivity index (χ2v) is 11.0. The maximum atomic E-state index is 12.8. The van der Waals surface area contributed by atoms with Gasteiger partial charge in [0.25, 0.3) is 5.91 Å². The van der Waals surface area contributed by atoms with Crippen LogP contribution in [0.15, 0.2) is 63.9 Å². The van der Waals surface area contributed by atoms with E-state index in [1.54, 1.807) is 0 Å². The van der Waals surface area contributed by atoms with Crippen molar-refractivity contribution in [2.45, 2.75) is 17.2 Å². The van der Waals surface area contributed by atoms with Gasteiger partial charge in [0.15, 0.2) is 9.84 Å². The van der Waals surface area contributed by atoms with Gasteiger partial charge < -0.3 is 4.42 Å². The molecular formula is C19H20N4O6S2. The summed E-state index contributed by atoms with van der Waals surface area (Å²) in [4.78, 5) is 12.4. The molecule has 0 aliphatic rings. The van der Waals surface area contributed by atoms with Crippen molar-refractivity contribution in [3.8, 4) is 0 Å². The Kier molecular flexibility index (Phi) is 6.53. The van der Waals surface area contributed by atoms with Crippen molar-refractivity contribution >= 4 is 31.8 Å². The summed E-state index contributed by atoms with van der Waals surface area (Å²) < 4.78 is 54.3. The Bertz CT molecular complexity index is 1270. The monoisotopic (exact) mass is 464 g/mol. The topological polar surface area (TPSA) is 140 Å². The minimum absolute atomic E-state index is 0.0377. The number of sulfonamides is 1. The molecule has 3 rings (SSSR count). The zero-order valence-corrected chi connectivity index (χ0v) is 18.4. The van der Waals surface area contributed by atoms with E-state index in [1.807, 2.05) is 30.3 Å². The van der Waals surface area contributed by atoms with Crippen LogP contribution in [-0.4, -0.2) is 50.5 Å². The molecule has 10 nitrogen and oxygen atoms in total. The summed E-state index contributed by atoms with van der Waals surface area (Å²) >= 11 is 0. The van der Waals surface area contributed by atoms with Crippen molar-refractivity contribution in [2.24, 2.45) is 0 Å². The number of benzene rings is 2. The van der Waals surface area contributed by atoms with Crippen LogP contribution in [0.2, 0.25) is 0 Å². The molecule has 0 aliphatic heterocycles. The van der Waals surface area contributed by atoms with E-state index in [9.17, 15) is 21.6 Å². The first-order valence-corrected chi connectivity index (χ1v) is 12.5. The molecule has 0 saturated carbocycles. The normalized spacial score (nSPS) is 12.1. The van der Waals surface area contributed by atoms with E-state index in [1.165, 1.54) is 35.6 Å². The van der Waals surface area contributed by atoms with Crippen LogP contribution in [-0.2, 0) is 32.2 Å². The highest BCUT2D eigenvalue weighted by atomic mass is 32.2. The number of carbonyl (C=O) groups excluding carboxylic acids is 1. The Labute approximate surface area is 179 Å². The van der Waals surface area contributed by atoms with Crippen LogP contribution < -0.4 is 5.32 Å². The standard InChI is InChI=1S/C19H20N4O6S2/c1-23(12-14-6-4-3-5-7-14)31(27,28)16-10-8-15(9-11-16)18(24)20-19-22-21-17(29-19)13-30(2,25)26/h3-11H,12-13H2,1-2H3,(H,20,22,24). The Morgan fingerprint density at radius 3 is 2.26 bits per heavy atom. The quantitative estimate of drug-likeness (QED) is 0.531. The molecule has 0 unspecified atom stereocenters. The summed E-state index contributed by atoms with van der Waals surface area (Å²) in [7, 11) is -5.63. The molecule has 1 aromatic heterocycles. The maximum Gasteiger partial charge on any atom is 0.322 e. The van der Waals surface area contributed by atoms with E-state index in [-0.39, 0.29) is 28.9 Å². The van der Waals surface area contributed by atoms with Crippen LogP contribution in [0.25, 0.3) is 0 Å². The van der Waals surface area contributed by atoms with Gasteiger partial charge in [-0.2, -0.15) is 4.31 Å². The first-order valence-electron chi connectivity index (χ1n) is 8.96. The van der Waals surface area contributed by atoms with E-state index in [0.29, 0.717) is 0 Å². The fraction of sp³-hybridized carbons (Fsp3) is 0.211. The van der Waals surface area contributed by atoms with Crippen LogP contribution in [0.4, 0.5) is 6.01 Å². The number of anilines is 1. The molecule has 1 N–H and O–H groups in total. The number of nitrogens with zero attached hydrogens (tertiary/aromatic N) is 3. The lowest BCUT2D eigenvalue weighted by molar-refractivity contribution is 0.102. The predicted octanol–water partition coefficient (Wildman–Crippen LogP) is 1.69. The smallest absolute Gasteiger partial charge is 0.322 e. The van der Waals surface area contributed by atoms with E-state index in [2.05, 4.69) is 15.5 Å². The average molecular weight is 465 g/mol. The Morgan fingerprint density at radius 1 is 1.00 bits per heavy atom. The third-order valence-corrected chi connectivity index (χ3v) is 6.73. The van der Waals surface area contributed by atoms with Gasteiger partial charge in [0, 0.05) is 25.4 Å². The Hall–Kier alpha value is -3.09. The minimum Gasteiger partial charge on any atom is -0.407 e. The molecule has 164 valence electrons. The molecule has 0 fully saturated rings. The molecule has 1 heterocycles. The van der Waals surface area contributed by atoms with Gasteiger partial charge in [0.05, 0.1) is 4.90 Å². The predicted molar refractivity (Wildman–Crippen MR) is 112 cm³/mol. The van der Waals surface area contributed by atoms with Crippen molar-refractivity contribution in [1.29, 1.82) is 0 Å². The van der Waals surface area contributed by atoms with Crippen LogP contribution in [0.3, 0.4) is 0 Å². The maximum absolute atomic E-state index is 12.8. The zero-order valence-electron chi connectivity index (χ0n) is 16.7. The number of sulfone groups is 1. The summed E-state index contributed by atoms with van der Waals surface area (Å²) in [6.07, 6.45) is 1.02. The van der Waals surface area contributed by atoms with Crippen molar-refractivity contribution in [3.05, 3.63) is 71.6 Å². The highest BCUT2D eigenvalue weighted by molar-refractivity contribution is 7.89. The van der Waals surface area contributed by atoms with Gasteiger partial charge in [-0.05, 0) is 29.8 Å². The Morgan fingerprint density at radius 2 is 1.65 bits per heavy atom. The van der Waals surface area contributed by atoms with E-state index < -0.39 is 31.5 Å². The van der Waals surface area contributed by atoms with Gasteiger partial charge >= 0.3 is 6.01 Å². The van der Waals surface area contributed by atoms with Gasteiger partial charge in [-0.3, -0.25) is 10.1 Å². The van der Waals surface area contributed by atoms with Gasteiger partial charge in [-0.1, -0.05) is 35.4 Å². The summed E-state index contributed by atoms with van der Waals surface area (Å²) in [5, 5.41) is 9.47. The lowest BCUT2D eigenvalue weighted by atomic mass is 10.2. The van der Waals surface area contributed by atoms with Gasteiger partial charge in [0.2, 0.25) is 15.9 Å². The van der Waals surface area contributed by atoms with Crippen LogP contribution in [0.1, 0.15) is 21.8 Å². The molecular weight excluding hydrogens is 444 g/mol. The molecule has 2 aromatic carbocycles. The second kappa shape index (κ2) is 8.96. The van der Waals surface area contributed by atoms with Gasteiger partial charge in [-0.25, -0.2) is 16.8 Å². The van der Waals surface area contributed by atoms with Crippen LogP contribution in [0, 0.1) is 0 Å². The lowest BCUT2D eigenvalue weighted by Crippen LogP contribution is -2.26. The first-order chi connectivity index (χ1) is 14.5. The van der Waals surface area contributed by atoms with E-state index >= 15 is 0 Å². The van der Waals surface area contributed by atoms with Crippen LogP contribution in [0.5, 0.6) is 0 Å². The molecule has 12 heteroatoms. The molecule has 1 amide bonds. The Balaban J connectivity index is 1.68. The summed E-state index contributed by atoms with van der Waals surface area (Å²) in [5.41, 5.74) is 1.01. The molecule has 0 spiro atoms. The number of aromatic nitrogens is 2. The number of amides is 1. The molecule has 0 saturated heterocycles. The summed E-state index contributed by atoms with van der Waals surface area (Å²) in [6.45, 7) is 0.207. The average Bonchev–Trinajstić information content (AvgIpc) is 3.13. The third-order valence-electron chi connectivity index (χ3n) is 4.15. The number of hydrogen-bond donors (Lipinski definition) is 1. The number of nitrogens with one attached hydrogen (secondary N) is 1. The fourth-order valence-electron chi connectivity index (χ4n) is 2.64. The number of carbonyl (C=O) groups is 1. The molecule has 0 aliphatic carbocycles. The second-order valence-electron chi connectivity index (χ2n) is 6.80. The minimum atomic E-state index is -3.75. The molecule has 0 bridgehead atoms. The largest absolute Gasteiger partial charge is 0.407 e. The van der Waals surface area contributed by atoms with Gasteiger partial charge in [-0.15, -0.1) is 5.10 Å². The third kappa shape index (κ3) is 5.96. The molecule has 3 aromatic rings. The molecule has 0 atom stereocenters. The van der Waals surface area contributed by atoms with Crippen molar-refractivity contribution in [3.63, 3.8) is 0 Å². The molecule has 0 radical (unpaired) electrons. The number of rotatable bonds is 8. The van der Waals surface area contributed by atoms with Crippen molar-refractivity contribution < 1.29 is 26.0 Å². The SMILES string of the molecule is CN(Cc1ccccc1)S(=O)(=O)c1ccc(C(=O)Nc2nnc(CS(C)(=O)=O)o2)cc1. The highest BCUT2D eigenvalue weighted by Crippen LogP contribution is 2.18. The van der Waals surface area contributed by atoms with E-state index in [4.69, 9.17) is 4.42 Å². The van der Waals surface area contributed by atoms with Crippen molar-refractivity contribution in [2.75, 3.05) is 18.6 Å². The molecule has 31 heavy (non-hydrogen) atoms. The number of hydrogen-bond acceptors (Lipinski definition) is 8. The highest BCUT2D eigenvalue weighted by Gasteiger charge is 2.22. The first kappa shape index (κ1) is 22.6. The summed E-state index contributed by atoms with van der Waals surface area (Å²) in [5.74, 6) is -1.21. The fourth-order valence-corrected chi connectivity index (χ4v) is 4.36.